The van der Waals surface area contributed by atoms with Crippen LogP contribution >= 0.6 is 0 Å². The SMILES string of the molecule is CCOC(=O)[C@@]1(CCCc2ccccc2)CCCN(C(=O)c2ccnn2C)C1. The summed E-state index contributed by atoms with van der Waals surface area (Å²) in [5.74, 6) is -0.248. The maximum absolute atomic E-state index is 13.0. The smallest absolute Gasteiger partial charge is 0.313 e. The molecule has 1 saturated heterocycles. The van der Waals surface area contributed by atoms with Gasteiger partial charge in [-0.3, -0.25) is 14.3 Å². The lowest BCUT2D eigenvalue weighted by molar-refractivity contribution is -0.159. The summed E-state index contributed by atoms with van der Waals surface area (Å²) >= 11 is 0. The van der Waals surface area contributed by atoms with Gasteiger partial charge in [0.05, 0.1) is 12.0 Å². The van der Waals surface area contributed by atoms with Crippen LogP contribution in [0, 0.1) is 5.41 Å². The van der Waals surface area contributed by atoms with Gasteiger partial charge in [0.1, 0.15) is 5.69 Å². The van der Waals surface area contributed by atoms with E-state index in [2.05, 4.69) is 17.2 Å². The summed E-state index contributed by atoms with van der Waals surface area (Å²) < 4.78 is 7.02. The number of nitrogens with zero attached hydrogens (tertiary/aromatic N) is 3. The zero-order valence-corrected chi connectivity index (χ0v) is 16.8. The number of hydrogen-bond acceptors (Lipinski definition) is 4. The van der Waals surface area contributed by atoms with Crippen LogP contribution in [-0.2, 0) is 23.0 Å². The quantitative estimate of drug-likeness (QED) is 0.689. The molecule has 1 aromatic carbocycles. The van der Waals surface area contributed by atoms with Crippen molar-refractivity contribution in [3.8, 4) is 0 Å². The van der Waals surface area contributed by atoms with Crippen LogP contribution in [0.1, 0.15) is 48.7 Å². The molecule has 6 heteroatoms. The third-order valence-electron chi connectivity index (χ3n) is 5.58. The van der Waals surface area contributed by atoms with Gasteiger partial charge in [-0.15, -0.1) is 0 Å². The molecular weight excluding hydrogens is 354 g/mol. The normalized spacial score (nSPS) is 19.4. The average molecular weight is 383 g/mol. The van der Waals surface area contributed by atoms with Gasteiger partial charge in [0.15, 0.2) is 0 Å². The zero-order chi connectivity index (χ0) is 20.0. The number of aromatic nitrogens is 2. The van der Waals surface area contributed by atoms with Crippen LogP contribution in [0.15, 0.2) is 42.6 Å². The van der Waals surface area contributed by atoms with Crippen molar-refractivity contribution in [1.29, 1.82) is 0 Å². The van der Waals surface area contributed by atoms with E-state index in [4.69, 9.17) is 4.74 Å². The Labute approximate surface area is 166 Å². The van der Waals surface area contributed by atoms with Gasteiger partial charge in [-0.05, 0) is 50.7 Å². The summed E-state index contributed by atoms with van der Waals surface area (Å²) in [6.07, 6.45) is 5.70. The monoisotopic (exact) mass is 383 g/mol. The van der Waals surface area contributed by atoms with Crippen molar-refractivity contribution in [2.24, 2.45) is 12.5 Å². The minimum Gasteiger partial charge on any atom is -0.466 e. The molecule has 0 spiro atoms. The van der Waals surface area contributed by atoms with E-state index in [1.54, 1.807) is 28.9 Å². The van der Waals surface area contributed by atoms with Crippen molar-refractivity contribution < 1.29 is 14.3 Å². The van der Waals surface area contributed by atoms with Crippen molar-refractivity contribution in [1.82, 2.24) is 14.7 Å². The molecule has 150 valence electrons. The first-order valence-corrected chi connectivity index (χ1v) is 10.0. The van der Waals surface area contributed by atoms with Crippen LogP contribution in [0.5, 0.6) is 0 Å². The van der Waals surface area contributed by atoms with Crippen molar-refractivity contribution >= 4 is 11.9 Å². The Morgan fingerprint density at radius 2 is 2.00 bits per heavy atom. The number of ether oxygens (including phenoxy) is 1. The number of carbonyl (C=O) groups is 2. The maximum Gasteiger partial charge on any atom is 0.313 e. The summed E-state index contributed by atoms with van der Waals surface area (Å²) in [5.41, 5.74) is 1.18. The largest absolute Gasteiger partial charge is 0.466 e. The van der Waals surface area contributed by atoms with E-state index in [1.165, 1.54) is 5.56 Å². The minimum atomic E-state index is -0.628. The Morgan fingerprint density at radius 1 is 1.21 bits per heavy atom. The van der Waals surface area contributed by atoms with E-state index in [0.29, 0.717) is 25.4 Å². The number of hydrogen-bond donors (Lipinski definition) is 0. The topological polar surface area (TPSA) is 64.4 Å². The average Bonchev–Trinajstić information content (AvgIpc) is 3.14. The Bertz CT molecular complexity index is 802. The fourth-order valence-electron chi connectivity index (χ4n) is 4.08. The van der Waals surface area contributed by atoms with Gasteiger partial charge >= 0.3 is 5.97 Å². The van der Waals surface area contributed by atoms with E-state index in [9.17, 15) is 9.59 Å². The number of piperidine rings is 1. The Morgan fingerprint density at radius 3 is 2.68 bits per heavy atom. The van der Waals surface area contributed by atoms with Gasteiger partial charge in [-0.2, -0.15) is 5.10 Å². The van der Waals surface area contributed by atoms with Crippen molar-refractivity contribution in [2.45, 2.75) is 39.0 Å². The molecular formula is C22H29N3O3. The van der Waals surface area contributed by atoms with Gasteiger partial charge in [0.25, 0.3) is 5.91 Å². The lowest BCUT2D eigenvalue weighted by Gasteiger charge is -2.41. The molecule has 0 radical (unpaired) electrons. The molecule has 0 bridgehead atoms. The van der Waals surface area contributed by atoms with Gasteiger partial charge in [-0.25, -0.2) is 0 Å². The molecule has 0 aliphatic carbocycles. The molecule has 3 rings (SSSR count). The second kappa shape index (κ2) is 9.04. The second-order valence-corrected chi connectivity index (χ2v) is 7.51. The molecule has 1 aliphatic heterocycles. The highest BCUT2D eigenvalue weighted by molar-refractivity contribution is 5.93. The van der Waals surface area contributed by atoms with Crippen molar-refractivity contribution in [3.63, 3.8) is 0 Å². The predicted octanol–water partition coefficient (Wildman–Crippen LogP) is 3.23. The van der Waals surface area contributed by atoms with Crippen LogP contribution < -0.4 is 0 Å². The number of carbonyl (C=O) groups excluding carboxylic acids is 2. The van der Waals surface area contributed by atoms with E-state index in [-0.39, 0.29) is 11.9 Å². The lowest BCUT2D eigenvalue weighted by Crippen LogP contribution is -2.50. The standard InChI is InChI=1S/C22H29N3O3/c1-3-28-21(27)22(13-7-11-18-9-5-4-6-10-18)14-8-16-25(17-22)20(26)19-12-15-23-24(19)2/h4-6,9-10,12,15H,3,7-8,11,13-14,16-17H2,1-2H3/t22-/m0/s1. The molecule has 28 heavy (non-hydrogen) atoms. The maximum atomic E-state index is 13.0. The summed E-state index contributed by atoms with van der Waals surface area (Å²) in [4.78, 5) is 27.7. The molecule has 1 aromatic heterocycles. The molecule has 1 amide bonds. The Hall–Kier alpha value is -2.63. The van der Waals surface area contributed by atoms with E-state index in [1.807, 2.05) is 25.1 Å². The number of rotatable bonds is 7. The van der Waals surface area contributed by atoms with Gasteiger partial charge < -0.3 is 9.64 Å². The summed E-state index contributed by atoms with van der Waals surface area (Å²) in [6.45, 7) is 3.25. The summed E-state index contributed by atoms with van der Waals surface area (Å²) in [7, 11) is 1.76. The molecule has 1 fully saturated rings. The lowest BCUT2D eigenvalue weighted by atomic mass is 9.75. The first-order valence-electron chi connectivity index (χ1n) is 10.0. The summed E-state index contributed by atoms with van der Waals surface area (Å²) in [5, 5.41) is 4.09. The number of amides is 1. The van der Waals surface area contributed by atoms with Gasteiger partial charge in [0, 0.05) is 26.3 Å². The van der Waals surface area contributed by atoms with Crippen molar-refractivity contribution in [2.75, 3.05) is 19.7 Å². The third-order valence-corrected chi connectivity index (χ3v) is 5.58. The molecule has 0 saturated carbocycles. The zero-order valence-electron chi connectivity index (χ0n) is 16.8. The first kappa shape index (κ1) is 20.1. The highest BCUT2D eigenvalue weighted by Crippen LogP contribution is 2.37. The molecule has 0 N–H and O–H groups in total. The predicted molar refractivity (Wildman–Crippen MR) is 107 cm³/mol. The highest BCUT2D eigenvalue weighted by atomic mass is 16.5. The molecule has 0 unspecified atom stereocenters. The Balaban J connectivity index is 1.73. The fraction of sp³-hybridized carbons (Fsp3) is 0.500. The number of esters is 1. The summed E-state index contributed by atoms with van der Waals surface area (Å²) in [6, 6.07) is 12.0. The third kappa shape index (κ3) is 4.43. The number of benzene rings is 1. The first-order chi connectivity index (χ1) is 13.6. The number of likely N-dealkylation sites (tertiary alicyclic amines) is 1. The van der Waals surface area contributed by atoms with E-state index >= 15 is 0 Å². The van der Waals surface area contributed by atoms with E-state index in [0.717, 1.165) is 32.1 Å². The number of aryl methyl sites for hydroxylation is 2. The molecule has 1 atom stereocenters. The highest BCUT2D eigenvalue weighted by Gasteiger charge is 2.44. The minimum absolute atomic E-state index is 0.0727. The Kier molecular flexibility index (Phi) is 6.49. The van der Waals surface area contributed by atoms with Crippen LogP contribution in [0.25, 0.3) is 0 Å². The van der Waals surface area contributed by atoms with Crippen molar-refractivity contribution in [3.05, 3.63) is 53.9 Å². The van der Waals surface area contributed by atoms with Crippen LogP contribution in [0.4, 0.5) is 0 Å². The molecule has 6 nitrogen and oxygen atoms in total. The van der Waals surface area contributed by atoms with Crippen LogP contribution in [-0.4, -0.2) is 46.3 Å². The van der Waals surface area contributed by atoms with Gasteiger partial charge in [-0.1, -0.05) is 30.3 Å². The molecule has 1 aliphatic rings. The van der Waals surface area contributed by atoms with E-state index < -0.39 is 5.41 Å². The van der Waals surface area contributed by atoms with Crippen LogP contribution in [0.3, 0.4) is 0 Å². The van der Waals surface area contributed by atoms with Gasteiger partial charge in [0.2, 0.25) is 0 Å². The molecule has 2 aromatic rings. The second-order valence-electron chi connectivity index (χ2n) is 7.51. The fourth-order valence-corrected chi connectivity index (χ4v) is 4.08. The molecule has 2 heterocycles. The van der Waals surface area contributed by atoms with Crippen LogP contribution in [0.2, 0.25) is 0 Å².